The first-order valence-corrected chi connectivity index (χ1v) is 9.06. The fourth-order valence-corrected chi connectivity index (χ4v) is 2.77. The summed E-state index contributed by atoms with van der Waals surface area (Å²) in [6.07, 6.45) is -0.533. The summed E-state index contributed by atoms with van der Waals surface area (Å²) in [5, 5.41) is 16.6. The molecule has 1 unspecified atom stereocenters. The van der Waals surface area contributed by atoms with Crippen LogP contribution >= 0.6 is 0 Å². The predicted molar refractivity (Wildman–Crippen MR) is 104 cm³/mol. The highest BCUT2D eigenvalue weighted by molar-refractivity contribution is 5.95. The van der Waals surface area contributed by atoms with E-state index in [1.807, 2.05) is 62.4 Å². The predicted octanol–water partition coefficient (Wildman–Crippen LogP) is 4.45. The van der Waals surface area contributed by atoms with E-state index >= 15 is 0 Å². The minimum atomic E-state index is -0.533. The van der Waals surface area contributed by atoms with Gasteiger partial charge in [0.05, 0.1) is 12.6 Å². The third-order valence-electron chi connectivity index (χ3n) is 4.40. The number of carbonyl (C=O) groups excluding carboxylic acids is 1. The molecule has 1 aromatic heterocycles. The molecule has 0 aliphatic rings. The normalized spacial score (nSPS) is 12.2. The van der Waals surface area contributed by atoms with Crippen molar-refractivity contribution in [3.05, 3.63) is 77.2 Å². The zero-order valence-electron chi connectivity index (χ0n) is 15.8. The minimum Gasteiger partial charge on any atom is -0.389 e. The Morgan fingerprint density at radius 2 is 1.78 bits per heavy atom. The van der Waals surface area contributed by atoms with Crippen molar-refractivity contribution >= 4 is 5.91 Å². The monoisotopic (exact) mass is 364 g/mol. The van der Waals surface area contributed by atoms with Gasteiger partial charge in [0, 0.05) is 17.5 Å². The van der Waals surface area contributed by atoms with Crippen LogP contribution in [0.15, 0.2) is 59.1 Å². The highest BCUT2D eigenvalue weighted by Crippen LogP contribution is 2.24. The molecule has 0 aliphatic carbocycles. The van der Waals surface area contributed by atoms with Crippen LogP contribution in [0.2, 0.25) is 0 Å². The maximum atomic E-state index is 12.5. The lowest BCUT2D eigenvalue weighted by molar-refractivity contribution is 0.0950. The van der Waals surface area contributed by atoms with E-state index in [2.05, 4.69) is 10.5 Å². The van der Waals surface area contributed by atoms with Crippen LogP contribution < -0.4 is 5.32 Å². The molecule has 3 rings (SSSR count). The molecular weight excluding hydrogens is 340 g/mol. The zero-order chi connectivity index (χ0) is 19.4. The molecule has 1 amide bonds. The van der Waals surface area contributed by atoms with Crippen LogP contribution in [0.5, 0.6) is 0 Å². The van der Waals surface area contributed by atoms with Gasteiger partial charge in [-0.15, -0.1) is 0 Å². The second kappa shape index (κ2) is 8.18. The van der Waals surface area contributed by atoms with Crippen molar-refractivity contribution in [2.24, 2.45) is 0 Å². The van der Waals surface area contributed by atoms with Crippen LogP contribution in [0.4, 0.5) is 0 Å². The van der Waals surface area contributed by atoms with Crippen LogP contribution in [-0.2, 0) is 6.54 Å². The van der Waals surface area contributed by atoms with Gasteiger partial charge in [-0.2, -0.15) is 0 Å². The number of aliphatic hydroxyl groups excluding tert-OH is 1. The van der Waals surface area contributed by atoms with Crippen molar-refractivity contribution < 1.29 is 14.4 Å². The topological polar surface area (TPSA) is 75.4 Å². The standard InChI is InChI=1S/C22H24N2O3/c1-14(2)21-12-20(24-27-21)13-23-22(26)19-9-5-8-18(11-19)17-7-4-6-16(10-17)15(3)25/h4-12,14-15,25H,13H2,1-3H3,(H,23,26). The Bertz CT molecular complexity index is 929. The Morgan fingerprint density at radius 1 is 1.07 bits per heavy atom. The molecule has 0 aliphatic heterocycles. The van der Waals surface area contributed by atoms with Crippen molar-refractivity contribution in [1.82, 2.24) is 10.5 Å². The molecule has 1 heterocycles. The summed E-state index contributed by atoms with van der Waals surface area (Å²) in [6.45, 7) is 6.11. The number of nitrogens with one attached hydrogen (secondary N) is 1. The molecule has 27 heavy (non-hydrogen) atoms. The molecule has 0 saturated carbocycles. The number of aromatic nitrogens is 1. The van der Waals surface area contributed by atoms with Crippen molar-refractivity contribution in [3.8, 4) is 11.1 Å². The number of carbonyl (C=O) groups is 1. The quantitative estimate of drug-likeness (QED) is 0.678. The van der Waals surface area contributed by atoms with E-state index in [0.717, 1.165) is 22.5 Å². The lowest BCUT2D eigenvalue weighted by Crippen LogP contribution is -2.22. The summed E-state index contributed by atoms with van der Waals surface area (Å²) in [5.74, 6) is 0.896. The van der Waals surface area contributed by atoms with Gasteiger partial charge in [-0.1, -0.05) is 49.3 Å². The summed E-state index contributed by atoms with van der Waals surface area (Å²) >= 11 is 0. The lowest BCUT2D eigenvalue weighted by atomic mass is 9.99. The van der Waals surface area contributed by atoms with Gasteiger partial charge in [0.25, 0.3) is 5.91 Å². The molecule has 0 spiro atoms. The number of hydrogen-bond donors (Lipinski definition) is 2. The Balaban J connectivity index is 1.72. The second-order valence-corrected chi connectivity index (χ2v) is 6.94. The smallest absolute Gasteiger partial charge is 0.251 e. The van der Waals surface area contributed by atoms with Gasteiger partial charge < -0.3 is 14.9 Å². The summed E-state index contributed by atoms with van der Waals surface area (Å²) in [4.78, 5) is 12.5. The Labute approximate surface area is 159 Å². The molecule has 2 aromatic carbocycles. The van der Waals surface area contributed by atoms with Crippen molar-refractivity contribution in [1.29, 1.82) is 0 Å². The number of benzene rings is 2. The molecular formula is C22H24N2O3. The largest absolute Gasteiger partial charge is 0.389 e. The van der Waals surface area contributed by atoms with Crippen molar-refractivity contribution in [2.45, 2.75) is 39.3 Å². The average Bonchev–Trinajstić information content (AvgIpc) is 3.16. The number of aliphatic hydroxyl groups is 1. The summed E-state index contributed by atoms with van der Waals surface area (Å²) in [7, 11) is 0. The molecule has 5 nitrogen and oxygen atoms in total. The van der Waals surface area contributed by atoms with Crippen LogP contribution in [0.1, 0.15) is 60.2 Å². The van der Waals surface area contributed by atoms with Gasteiger partial charge in [0.2, 0.25) is 0 Å². The van der Waals surface area contributed by atoms with Gasteiger partial charge in [-0.3, -0.25) is 4.79 Å². The molecule has 140 valence electrons. The van der Waals surface area contributed by atoms with Crippen LogP contribution in [0.25, 0.3) is 11.1 Å². The van der Waals surface area contributed by atoms with E-state index in [0.29, 0.717) is 17.8 Å². The van der Waals surface area contributed by atoms with E-state index in [9.17, 15) is 9.90 Å². The van der Waals surface area contributed by atoms with E-state index in [1.165, 1.54) is 0 Å². The SMILES string of the molecule is CC(C)c1cc(CNC(=O)c2cccc(-c3cccc(C(C)O)c3)c2)no1. The molecule has 0 fully saturated rings. The Kier molecular flexibility index (Phi) is 5.72. The van der Waals surface area contributed by atoms with Gasteiger partial charge in [-0.05, 0) is 41.8 Å². The third kappa shape index (κ3) is 4.63. The summed E-state index contributed by atoms with van der Waals surface area (Å²) < 4.78 is 5.25. The van der Waals surface area contributed by atoms with Crippen molar-refractivity contribution in [3.63, 3.8) is 0 Å². The van der Waals surface area contributed by atoms with Crippen molar-refractivity contribution in [2.75, 3.05) is 0 Å². The third-order valence-corrected chi connectivity index (χ3v) is 4.40. The van der Waals surface area contributed by atoms with Gasteiger partial charge in [0.1, 0.15) is 11.5 Å². The Morgan fingerprint density at radius 3 is 2.44 bits per heavy atom. The first kappa shape index (κ1) is 18.9. The first-order valence-electron chi connectivity index (χ1n) is 9.06. The first-order chi connectivity index (χ1) is 12.9. The number of amides is 1. The average molecular weight is 364 g/mol. The fourth-order valence-electron chi connectivity index (χ4n) is 2.77. The lowest BCUT2D eigenvalue weighted by Gasteiger charge is -2.09. The maximum Gasteiger partial charge on any atom is 0.251 e. The van der Waals surface area contributed by atoms with Crippen LogP contribution in [0, 0.1) is 0 Å². The van der Waals surface area contributed by atoms with E-state index in [4.69, 9.17) is 4.52 Å². The van der Waals surface area contributed by atoms with E-state index in [-0.39, 0.29) is 11.8 Å². The summed E-state index contributed by atoms with van der Waals surface area (Å²) in [5.41, 5.74) is 4.00. The fraction of sp³-hybridized carbons (Fsp3) is 0.273. The number of nitrogens with zero attached hydrogens (tertiary/aromatic N) is 1. The highest BCUT2D eigenvalue weighted by Gasteiger charge is 2.11. The molecule has 3 aromatic rings. The van der Waals surface area contributed by atoms with Gasteiger partial charge in [0.15, 0.2) is 0 Å². The number of hydrogen-bond acceptors (Lipinski definition) is 4. The minimum absolute atomic E-state index is 0.169. The second-order valence-electron chi connectivity index (χ2n) is 6.94. The van der Waals surface area contributed by atoms with Gasteiger partial charge in [-0.25, -0.2) is 0 Å². The molecule has 0 bridgehead atoms. The van der Waals surface area contributed by atoms with E-state index in [1.54, 1.807) is 13.0 Å². The molecule has 5 heteroatoms. The zero-order valence-corrected chi connectivity index (χ0v) is 15.8. The van der Waals surface area contributed by atoms with Gasteiger partial charge >= 0.3 is 0 Å². The molecule has 0 radical (unpaired) electrons. The molecule has 0 saturated heterocycles. The summed E-state index contributed by atoms with van der Waals surface area (Å²) in [6, 6.07) is 17.0. The number of rotatable bonds is 6. The van der Waals surface area contributed by atoms with Crippen LogP contribution in [0.3, 0.4) is 0 Å². The molecule has 1 atom stereocenters. The van der Waals surface area contributed by atoms with E-state index < -0.39 is 6.10 Å². The molecule has 2 N–H and O–H groups in total. The van der Waals surface area contributed by atoms with Crippen LogP contribution in [-0.4, -0.2) is 16.2 Å². The maximum absolute atomic E-state index is 12.5. The highest BCUT2D eigenvalue weighted by atomic mass is 16.5. The Hall–Kier alpha value is -2.92.